The number of amidine groups is 1. The Bertz CT molecular complexity index is 1880. The van der Waals surface area contributed by atoms with Crippen LogP contribution in [0.2, 0.25) is 0 Å². The SMILES string of the molecule is COc1cc(C)c(/N=C(/N/N=C/c2ccc(-c3ncn(-c4ccc(OC(F)(F)F)cc4)n3)cc2)SCC(=O)NCCCNC(=O)OC(C)(C)C)c(C)c1. The van der Waals surface area contributed by atoms with Gasteiger partial charge >= 0.3 is 12.5 Å². The normalized spacial score (nSPS) is 12.1. The minimum atomic E-state index is -4.77. The van der Waals surface area contributed by atoms with Crippen LogP contribution in [0.25, 0.3) is 17.1 Å². The molecule has 0 aliphatic rings. The Morgan fingerprint density at radius 3 is 2.23 bits per heavy atom. The summed E-state index contributed by atoms with van der Waals surface area (Å²) in [5.74, 6) is 0.636. The highest BCUT2D eigenvalue weighted by atomic mass is 32.2. The summed E-state index contributed by atoms with van der Waals surface area (Å²) in [7, 11) is 1.60. The lowest BCUT2D eigenvalue weighted by molar-refractivity contribution is -0.274. The highest BCUT2D eigenvalue weighted by molar-refractivity contribution is 8.14. The molecule has 0 saturated carbocycles. The first-order valence-corrected chi connectivity index (χ1v) is 17.3. The molecule has 13 nitrogen and oxygen atoms in total. The van der Waals surface area contributed by atoms with Gasteiger partial charge < -0.3 is 24.8 Å². The average molecular weight is 755 g/mol. The van der Waals surface area contributed by atoms with Crippen molar-refractivity contribution in [1.29, 1.82) is 0 Å². The highest BCUT2D eigenvalue weighted by Gasteiger charge is 2.31. The fourth-order valence-corrected chi connectivity index (χ4v) is 5.25. The lowest BCUT2D eigenvalue weighted by Gasteiger charge is -2.19. The largest absolute Gasteiger partial charge is 0.573 e. The number of nitrogens with zero attached hydrogens (tertiary/aromatic N) is 5. The van der Waals surface area contributed by atoms with E-state index in [0.717, 1.165) is 16.7 Å². The molecule has 0 spiro atoms. The molecule has 3 aromatic carbocycles. The summed E-state index contributed by atoms with van der Waals surface area (Å²) in [6, 6.07) is 16.3. The number of alkyl carbamates (subject to hydrolysis) is 1. The lowest BCUT2D eigenvalue weighted by Crippen LogP contribution is -2.34. The number of halogens is 3. The van der Waals surface area contributed by atoms with Crippen LogP contribution in [-0.4, -0.2) is 76.1 Å². The number of aliphatic imine (C=N–C) groups is 1. The van der Waals surface area contributed by atoms with Gasteiger partial charge in [0.05, 0.1) is 30.5 Å². The standard InChI is InChI=1S/C36H41F3N8O5S/c1-23-18-29(50-6)19-24(2)31(23)44-33(53-21-30(48)40-16-7-17-41-34(49)52-35(3,4)5)45-43-20-25-8-10-26(11-9-25)32-42-22-47(46-32)27-12-14-28(15-13-27)51-36(37,38)39/h8-15,18-20,22H,7,16-17,21H2,1-6H3,(H,40,48)(H,41,49)(H,44,45)/b43-20+. The number of ether oxygens (including phenoxy) is 3. The Kier molecular flexibility index (Phi) is 13.8. The molecule has 282 valence electrons. The first-order chi connectivity index (χ1) is 25.1. The van der Waals surface area contributed by atoms with Crippen molar-refractivity contribution in [3.8, 4) is 28.6 Å². The fourth-order valence-electron chi connectivity index (χ4n) is 4.61. The van der Waals surface area contributed by atoms with Gasteiger partial charge in [-0.15, -0.1) is 18.3 Å². The van der Waals surface area contributed by atoms with Gasteiger partial charge in [-0.05, 0) is 94.1 Å². The van der Waals surface area contributed by atoms with E-state index in [2.05, 4.69) is 36.0 Å². The molecule has 53 heavy (non-hydrogen) atoms. The number of thioether (sulfide) groups is 1. The van der Waals surface area contributed by atoms with Gasteiger partial charge in [-0.2, -0.15) is 5.10 Å². The van der Waals surface area contributed by atoms with Crippen molar-refractivity contribution in [2.24, 2.45) is 10.1 Å². The third-order valence-electron chi connectivity index (χ3n) is 6.97. The molecule has 0 saturated heterocycles. The van der Waals surface area contributed by atoms with Crippen molar-refractivity contribution in [1.82, 2.24) is 30.8 Å². The number of aromatic nitrogens is 3. The quantitative estimate of drug-likeness (QED) is 0.0577. The number of hydrogen-bond acceptors (Lipinski definition) is 10. The molecule has 4 rings (SSSR count). The van der Waals surface area contributed by atoms with Gasteiger partial charge in [0.15, 0.2) is 11.0 Å². The number of benzene rings is 3. The van der Waals surface area contributed by atoms with E-state index in [1.807, 2.05) is 50.2 Å². The topological polar surface area (TPSA) is 153 Å². The minimum Gasteiger partial charge on any atom is -0.497 e. The zero-order valence-corrected chi connectivity index (χ0v) is 30.9. The maximum absolute atomic E-state index is 12.7. The number of carbonyl (C=O) groups is 2. The van der Waals surface area contributed by atoms with E-state index < -0.39 is 18.1 Å². The number of hydrogen-bond donors (Lipinski definition) is 3. The minimum absolute atomic E-state index is 0.0644. The van der Waals surface area contributed by atoms with Crippen LogP contribution in [0.4, 0.5) is 23.7 Å². The van der Waals surface area contributed by atoms with Crippen LogP contribution in [0.3, 0.4) is 0 Å². The van der Waals surface area contributed by atoms with Gasteiger partial charge in [0, 0.05) is 18.7 Å². The Morgan fingerprint density at radius 2 is 1.60 bits per heavy atom. The first-order valence-electron chi connectivity index (χ1n) is 16.4. The summed E-state index contributed by atoms with van der Waals surface area (Å²) in [5, 5.41) is 14.7. The number of methoxy groups -OCH3 is 1. The van der Waals surface area contributed by atoms with Crippen LogP contribution in [0, 0.1) is 13.8 Å². The van der Waals surface area contributed by atoms with E-state index in [0.29, 0.717) is 53.2 Å². The molecule has 0 unspecified atom stereocenters. The maximum atomic E-state index is 12.7. The molecule has 0 radical (unpaired) electrons. The highest BCUT2D eigenvalue weighted by Crippen LogP contribution is 2.30. The van der Waals surface area contributed by atoms with Crippen molar-refractivity contribution in [2.75, 3.05) is 26.0 Å². The number of hydrazone groups is 1. The van der Waals surface area contributed by atoms with Crippen molar-refractivity contribution >= 4 is 40.8 Å². The van der Waals surface area contributed by atoms with E-state index in [1.165, 1.54) is 47.0 Å². The fraction of sp³-hybridized carbons (Fsp3) is 0.333. The third-order valence-corrected chi connectivity index (χ3v) is 7.83. The summed E-state index contributed by atoms with van der Waals surface area (Å²) in [5.41, 5.74) is 6.81. The molecule has 0 aliphatic heterocycles. The van der Waals surface area contributed by atoms with Gasteiger partial charge in [-0.25, -0.2) is 19.5 Å². The van der Waals surface area contributed by atoms with Gasteiger partial charge in [0.1, 0.15) is 23.4 Å². The van der Waals surface area contributed by atoms with Gasteiger partial charge in [0.25, 0.3) is 0 Å². The number of nitrogens with one attached hydrogen (secondary N) is 3. The smallest absolute Gasteiger partial charge is 0.497 e. The van der Waals surface area contributed by atoms with E-state index >= 15 is 0 Å². The van der Waals surface area contributed by atoms with Crippen LogP contribution in [0.15, 0.2) is 77.1 Å². The molecule has 0 atom stereocenters. The Balaban J connectivity index is 1.37. The maximum Gasteiger partial charge on any atom is 0.573 e. The van der Waals surface area contributed by atoms with Crippen molar-refractivity contribution in [3.05, 3.63) is 83.7 Å². The van der Waals surface area contributed by atoms with Crippen LogP contribution < -0.4 is 25.5 Å². The molecule has 1 aromatic heterocycles. The molecule has 0 aliphatic carbocycles. The third kappa shape index (κ3) is 13.5. The Morgan fingerprint density at radius 1 is 0.943 bits per heavy atom. The number of rotatable bonds is 13. The molecule has 2 amide bonds. The summed E-state index contributed by atoms with van der Waals surface area (Å²) < 4.78 is 53.4. The second-order valence-electron chi connectivity index (χ2n) is 12.5. The molecular weight excluding hydrogens is 714 g/mol. The van der Waals surface area contributed by atoms with Crippen LogP contribution in [0.5, 0.6) is 11.5 Å². The predicted octanol–water partition coefficient (Wildman–Crippen LogP) is 6.83. The molecule has 0 bridgehead atoms. The molecule has 0 fully saturated rings. The van der Waals surface area contributed by atoms with Crippen molar-refractivity contribution in [2.45, 2.75) is 53.0 Å². The second-order valence-corrected chi connectivity index (χ2v) is 13.5. The van der Waals surface area contributed by atoms with Gasteiger partial charge in [-0.1, -0.05) is 36.0 Å². The van der Waals surface area contributed by atoms with E-state index in [1.54, 1.807) is 34.1 Å². The lowest BCUT2D eigenvalue weighted by atomic mass is 10.1. The summed E-state index contributed by atoms with van der Waals surface area (Å²) >= 11 is 1.18. The van der Waals surface area contributed by atoms with Gasteiger partial charge in [0.2, 0.25) is 5.91 Å². The summed E-state index contributed by atoms with van der Waals surface area (Å²) in [6.45, 7) is 9.90. The molecule has 1 heterocycles. The van der Waals surface area contributed by atoms with Crippen molar-refractivity contribution < 1.29 is 37.0 Å². The first kappa shape index (κ1) is 40.2. The molecule has 3 N–H and O–H groups in total. The number of carbonyl (C=O) groups excluding carboxylic acids is 2. The van der Waals surface area contributed by atoms with E-state index in [4.69, 9.17) is 14.5 Å². The predicted molar refractivity (Wildman–Crippen MR) is 198 cm³/mol. The second kappa shape index (κ2) is 18.3. The van der Waals surface area contributed by atoms with Crippen LogP contribution in [-0.2, 0) is 9.53 Å². The number of alkyl halides is 3. The van der Waals surface area contributed by atoms with Crippen LogP contribution in [0.1, 0.15) is 43.9 Å². The molecular formula is C36H41F3N8O5S. The van der Waals surface area contributed by atoms with E-state index in [-0.39, 0.29) is 17.4 Å². The number of aryl methyl sites for hydroxylation is 2. The number of amides is 2. The zero-order chi connectivity index (χ0) is 38.6. The Hall–Kier alpha value is -5.58. The molecule has 17 heteroatoms. The van der Waals surface area contributed by atoms with Crippen LogP contribution >= 0.6 is 11.8 Å². The monoisotopic (exact) mass is 754 g/mol. The molecule has 4 aromatic rings. The Labute approximate surface area is 309 Å². The summed E-state index contributed by atoms with van der Waals surface area (Å²) in [4.78, 5) is 33.6. The van der Waals surface area contributed by atoms with E-state index in [9.17, 15) is 22.8 Å². The summed E-state index contributed by atoms with van der Waals surface area (Å²) in [6.07, 6.45) is -1.70. The zero-order valence-electron chi connectivity index (χ0n) is 30.1. The average Bonchev–Trinajstić information content (AvgIpc) is 3.58. The van der Waals surface area contributed by atoms with Gasteiger partial charge in [-0.3, -0.25) is 10.2 Å². The van der Waals surface area contributed by atoms with Crippen molar-refractivity contribution in [3.63, 3.8) is 0 Å².